The van der Waals surface area contributed by atoms with Gasteiger partial charge in [0.25, 0.3) is 5.91 Å². The zero-order chi connectivity index (χ0) is 22.5. The number of azo groups is 1. The van der Waals surface area contributed by atoms with Crippen molar-refractivity contribution < 1.29 is 4.79 Å². The highest BCUT2D eigenvalue weighted by molar-refractivity contribution is 6.31. The molecule has 0 aliphatic carbocycles. The van der Waals surface area contributed by atoms with Crippen LogP contribution in [0, 0.1) is 0 Å². The summed E-state index contributed by atoms with van der Waals surface area (Å²) in [6.45, 7) is 1.75. The monoisotopic (exact) mass is 453 g/mol. The first-order chi connectivity index (χ1) is 16.1. The van der Waals surface area contributed by atoms with Crippen LogP contribution in [-0.4, -0.2) is 32.8 Å². The van der Waals surface area contributed by atoms with Crippen LogP contribution in [-0.2, 0) is 4.79 Å². The van der Waals surface area contributed by atoms with Gasteiger partial charge in [0.05, 0.1) is 22.3 Å². The molecule has 33 heavy (non-hydrogen) atoms. The quantitative estimate of drug-likeness (QED) is 0.276. The number of carbonyl (C=O) groups excluding carboxylic acids is 1. The van der Waals surface area contributed by atoms with Crippen LogP contribution in [0.2, 0.25) is 5.02 Å². The Kier molecular flexibility index (Phi) is 4.41. The molecule has 1 aliphatic rings. The van der Waals surface area contributed by atoms with Gasteiger partial charge in [0.15, 0.2) is 17.5 Å². The fourth-order valence-corrected chi connectivity index (χ4v) is 4.14. The van der Waals surface area contributed by atoms with E-state index in [0.29, 0.717) is 27.9 Å². The Morgan fingerprint density at radius 3 is 2.64 bits per heavy atom. The molecule has 3 heterocycles. The number of fused-ring (bicyclic) bond motifs is 3. The fraction of sp³-hybridized carbons (Fsp3) is 0.0833. The van der Waals surface area contributed by atoms with Crippen LogP contribution in [0.4, 0.5) is 11.5 Å². The third kappa shape index (κ3) is 3.32. The maximum atomic E-state index is 12.9. The number of hydrogen-bond donors (Lipinski definition) is 1. The van der Waals surface area contributed by atoms with E-state index in [1.165, 1.54) is 5.01 Å². The predicted molar refractivity (Wildman–Crippen MR) is 129 cm³/mol. The van der Waals surface area contributed by atoms with Crippen molar-refractivity contribution in [3.8, 4) is 0 Å². The molecule has 160 valence electrons. The summed E-state index contributed by atoms with van der Waals surface area (Å²) in [5, 5.41) is 25.9. The summed E-state index contributed by atoms with van der Waals surface area (Å²) in [5.74, 6) is 0.145. The first-order valence-corrected chi connectivity index (χ1v) is 10.7. The number of benzene rings is 3. The smallest absolute Gasteiger partial charge is 0.269 e. The van der Waals surface area contributed by atoms with E-state index in [9.17, 15) is 4.79 Å². The third-order valence-electron chi connectivity index (χ3n) is 5.61. The fourth-order valence-electron chi connectivity index (χ4n) is 3.95. The van der Waals surface area contributed by atoms with Gasteiger partial charge in [-0.2, -0.15) is 20.3 Å². The molecule has 0 radical (unpaired) electrons. The number of hydrogen-bond acceptors (Lipinski definition) is 6. The van der Waals surface area contributed by atoms with Gasteiger partial charge in [-0.25, -0.2) is 4.98 Å². The Hall–Kier alpha value is -4.17. The van der Waals surface area contributed by atoms with E-state index in [4.69, 9.17) is 11.6 Å². The van der Waals surface area contributed by atoms with Gasteiger partial charge < -0.3 is 0 Å². The lowest BCUT2D eigenvalue weighted by molar-refractivity contribution is -0.117. The van der Waals surface area contributed by atoms with Crippen LogP contribution in [0.5, 0.6) is 0 Å². The standard InChI is InChI=1S/C24H16ClN7O/c1-13-21(24(33)32(31-13)18-8-4-7-17(25)12-18)27-29-23-19-10-16-9-14-5-2-3-6-15(14)11-20(16)26-22(19)28-30-23/h2-12,21H,1H3,(H,26,28,30). The van der Waals surface area contributed by atoms with Crippen molar-refractivity contribution in [2.75, 3.05) is 5.01 Å². The average molecular weight is 454 g/mol. The molecule has 0 fully saturated rings. The largest absolute Gasteiger partial charge is 0.280 e. The van der Waals surface area contributed by atoms with Crippen molar-refractivity contribution in [2.45, 2.75) is 13.0 Å². The lowest BCUT2D eigenvalue weighted by Crippen LogP contribution is -2.29. The number of amides is 1. The maximum Gasteiger partial charge on any atom is 0.280 e. The van der Waals surface area contributed by atoms with E-state index in [-0.39, 0.29) is 5.91 Å². The predicted octanol–water partition coefficient (Wildman–Crippen LogP) is 5.79. The maximum absolute atomic E-state index is 12.9. The Morgan fingerprint density at radius 2 is 1.82 bits per heavy atom. The molecular weight excluding hydrogens is 438 g/mol. The van der Waals surface area contributed by atoms with Crippen molar-refractivity contribution in [1.82, 2.24) is 15.2 Å². The van der Waals surface area contributed by atoms with Crippen LogP contribution in [0.15, 0.2) is 82.1 Å². The van der Waals surface area contributed by atoms with Gasteiger partial charge in [-0.3, -0.25) is 9.89 Å². The topological polar surface area (TPSA) is 99.0 Å². The van der Waals surface area contributed by atoms with Gasteiger partial charge in [0.1, 0.15) is 0 Å². The van der Waals surface area contributed by atoms with E-state index < -0.39 is 6.04 Å². The molecule has 0 saturated heterocycles. The van der Waals surface area contributed by atoms with Crippen LogP contribution < -0.4 is 5.01 Å². The second-order valence-electron chi connectivity index (χ2n) is 7.81. The van der Waals surface area contributed by atoms with Crippen molar-refractivity contribution in [3.63, 3.8) is 0 Å². The molecule has 0 bridgehead atoms. The molecule has 1 atom stereocenters. The number of hydrazone groups is 1. The summed E-state index contributed by atoms with van der Waals surface area (Å²) in [4.78, 5) is 17.6. The normalized spacial score (nSPS) is 16.5. The zero-order valence-corrected chi connectivity index (χ0v) is 18.2. The molecule has 9 heteroatoms. The number of pyridine rings is 1. The molecule has 0 saturated carbocycles. The van der Waals surface area contributed by atoms with E-state index in [2.05, 4.69) is 48.7 Å². The lowest BCUT2D eigenvalue weighted by atomic mass is 10.1. The summed E-state index contributed by atoms with van der Waals surface area (Å²) in [7, 11) is 0. The first kappa shape index (κ1) is 19.5. The molecule has 5 aromatic rings. The average Bonchev–Trinajstić information content (AvgIpc) is 3.34. The number of nitrogens with zero attached hydrogens (tertiary/aromatic N) is 6. The summed E-state index contributed by atoms with van der Waals surface area (Å²) >= 11 is 6.06. The highest BCUT2D eigenvalue weighted by atomic mass is 35.5. The van der Waals surface area contributed by atoms with Crippen molar-refractivity contribution in [1.29, 1.82) is 0 Å². The number of H-pyrrole nitrogens is 1. The Balaban J connectivity index is 1.35. The number of aromatic amines is 1. The van der Waals surface area contributed by atoms with Gasteiger partial charge in [-0.1, -0.05) is 41.9 Å². The minimum Gasteiger partial charge on any atom is -0.269 e. The van der Waals surface area contributed by atoms with Crippen LogP contribution >= 0.6 is 11.6 Å². The zero-order valence-electron chi connectivity index (χ0n) is 17.4. The van der Waals surface area contributed by atoms with Crippen molar-refractivity contribution >= 4 is 67.4 Å². The van der Waals surface area contributed by atoms with Gasteiger partial charge in [0, 0.05) is 10.4 Å². The molecule has 1 unspecified atom stereocenters. The number of halogens is 1. The van der Waals surface area contributed by atoms with Crippen LogP contribution in [0.3, 0.4) is 0 Å². The number of anilines is 1. The minimum absolute atomic E-state index is 0.294. The Labute approximate surface area is 192 Å². The van der Waals surface area contributed by atoms with Gasteiger partial charge >= 0.3 is 0 Å². The highest BCUT2D eigenvalue weighted by Crippen LogP contribution is 2.30. The van der Waals surface area contributed by atoms with Gasteiger partial charge in [-0.15, -0.1) is 5.11 Å². The van der Waals surface area contributed by atoms with Crippen LogP contribution in [0.1, 0.15) is 6.92 Å². The van der Waals surface area contributed by atoms with Crippen molar-refractivity contribution in [3.05, 3.63) is 71.8 Å². The van der Waals surface area contributed by atoms with Gasteiger partial charge in [0.2, 0.25) is 0 Å². The number of nitrogens with one attached hydrogen (secondary N) is 1. The third-order valence-corrected chi connectivity index (χ3v) is 5.84. The number of aromatic nitrogens is 3. The highest BCUT2D eigenvalue weighted by Gasteiger charge is 2.35. The SMILES string of the molecule is CC1=NN(c2cccc(Cl)c2)C(=O)C1N=Nc1[nH]nc2nc3cc4ccccc4cc3cc12. The molecule has 8 nitrogen and oxygen atoms in total. The first-order valence-electron chi connectivity index (χ1n) is 10.3. The van der Waals surface area contributed by atoms with Gasteiger partial charge in [-0.05, 0) is 54.1 Å². The second kappa shape index (κ2) is 7.46. The molecule has 1 amide bonds. The lowest BCUT2D eigenvalue weighted by Gasteiger charge is -2.12. The summed E-state index contributed by atoms with van der Waals surface area (Å²) in [6.07, 6.45) is 0. The number of carbonyl (C=O) groups is 1. The molecule has 1 N–H and O–H groups in total. The van der Waals surface area contributed by atoms with E-state index >= 15 is 0 Å². The molecule has 0 spiro atoms. The second-order valence-corrected chi connectivity index (χ2v) is 8.25. The van der Waals surface area contributed by atoms with E-state index in [1.54, 1.807) is 31.2 Å². The summed E-state index contributed by atoms with van der Waals surface area (Å²) < 4.78 is 0. The molecule has 2 aromatic heterocycles. The Morgan fingerprint density at radius 1 is 1.00 bits per heavy atom. The number of rotatable bonds is 3. The van der Waals surface area contributed by atoms with E-state index in [1.807, 2.05) is 24.3 Å². The molecule has 1 aliphatic heterocycles. The summed E-state index contributed by atoms with van der Waals surface area (Å²) in [6, 6.07) is 20.4. The Bertz CT molecular complexity index is 1640. The molecular formula is C24H16ClN7O. The molecule has 3 aromatic carbocycles. The minimum atomic E-state index is -0.820. The van der Waals surface area contributed by atoms with E-state index in [0.717, 1.165) is 27.1 Å². The van der Waals surface area contributed by atoms with Crippen molar-refractivity contribution in [2.24, 2.45) is 15.3 Å². The summed E-state index contributed by atoms with van der Waals surface area (Å²) in [5.41, 5.74) is 2.51. The molecule has 6 rings (SSSR count). The van der Waals surface area contributed by atoms with Crippen LogP contribution in [0.25, 0.3) is 32.7 Å².